The lowest BCUT2D eigenvalue weighted by atomic mass is 9.99. The number of nitrogens with one attached hydrogen (secondary N) is 2. The van der Waals surface area contributed by atoms with E-state index >= 15 is 0 Å². The Balaban J connectivity index is 1.86. The van der Waals surface area contributed by atoms with Crippen LogP contribution in [0.15, 0.2) is 30.3 Å². The molecule has 1 aliphatic heterocycles. The fourth-order valence-electron chi connectivity index (χ4n) is 4.02. The van der Waals surface area contributed by atoms with Gasteiger partial charge < -0.3 is 15.2 Å². The van der Waals surface area contributed by atoms with Crippen LogP contribution in [0, 0.1) is 24.5 Å². The lowest BCUT2D eigenvalue weighted by Crippen LogP contribution is -2.32. The molecular weight excluding hydrogens is 374 g/mol. The lowest BCUT2D eigenvalue weighted by molar-refractivity contribution is 0.0962. The molecule has 3 aromatic rings. The summed E-state index contributed by atoms with van der Waals surface area (Å²) in [5, 5.41) is 5.77. The smallest absolute Gasteiger partial charge is 0.251 e. The molecule has 1 atom stereocenters. The third kappa shape index (κ3) is 3.74. The first-order valence-corrected chi connectivity index (χ1v) is 9.87. The number of imidazole rings is 1. The molecule has 0 spiro atoms. The van der Waals surface area contributed by atoms with Gasteiger partial charge in [-0.15, -0.1) is 0 Å². The normalized spacial score (nSPS) is 16.9. The first-order chi connectivity index (χ1) is 14.0. The van der Waals surface area contributed by atoms with Gasteiger partial charge in [-0.3, -0.25) is 4.79 Å². The highest BCUT2D eigenvalue weighted by molar-refractivity contribution is 5.94. The minimum absolute atomic E-state index is 0.0544. The molecule has 2 heterocycles. The number of aryl methyl sites for hydroxylation is 1. The molecule has 29 heavy (non-hydrogen) atoms. The van der Waals surface area contributed by atoms with Gasteiger partial charge in [0.25, 0.3) is 5.91 Å². The van der Waals surface area contributed by atoms with Gasteiger partial charge in [-0.25, -0.2) is 13.8 Å². The Morgan fingerprint density at radius 1 is 1.28 bits per heavy atom. The minimum atomic E-state index is -0.793. The molecule has 152 valence electrons. The zero-order valence-electron chi connectivity index (χ0n) is 16.6. The van der Waals surface area contributed by atoms with Crippen molar-refractivity contribution in [3.05, 3.63) is 53.1 Å². The van der Waals surface area contributed by atoms with E-state index in [0.29, 0.717) is 18.0 Å². The average Bonchev–Trinajstić information content (AvgIpc) is 3.04. The second-order valence-corrected chi connectivity index (χ2v) is 7.64. The lowest BCUT2D eigenvalue weighted by Gasteiger charge is -2.24. The Labute approximate surface area is 168 Å². The van der Waals surface area contributed by atoms with E-state index in [4.69, 9.17) is 0 Å². The SMILES string of the molecule is CNC(=O)c1cc(F)c(-c2nc3cc(C)ccc3n2CC2CCCNC2)c(F)c1. The maximum absolute atomic E-state index is 15.0. The van der Waals surface area contributed by atoms with Crippen LogP contribution in [0.2, 0.25) is 0 Å². The number of nitrogens with zero attached hydrogens (tertiary/aromatic N) is 2. The molecule has 1 unspecified atom stereocenters. The van der Waals surface area contributed by atoms with Crippen molar-refractivity contribution in [1.82, 2.24) is 20.2 Å². The van der Waals surface area contributed by atoms with Crippen molar-refractivity contribution in [2.45, 2.75) is 26.3 Å². The Kier molecular flexibility index (Phi) is 5.32. The number of rotatable bonds is 4. The molecule has 2 N–H and O–H groups in total. The number of fused-ring (bicyclic) bond motifs is 1. The van der Waals surface area contributed by atoms with E-state index in [9.17, 15) is 13.6 Å². The summed E-state index contributed by atoms with van der Waals surface area (Å²) in [6.45, 7) is 4.45. The van der Waals surface area contributed by atoms with Gasteiger partial charge in [-0.1, -0.05) is 6.07 Å². The maximum Gasteiger partial charge on any atom is 0.251 e. The highest BCUT2D eigenvalue weighted by Gasteiger charge is 2.24. The Bertz CT molecular complexity index is 1050. The summed E-state index contributed by atoms with van der Waals surface area (Å²) in [5.41, 5.74) is 2.34. The number of hydrogen-bond acceptors (Lipinski definition) is 3. The molecule has 1 amide bonds. The number of hydrogen-bond donors (Lipinski definition) is 2. The molecule has 4 rings (SSSR count). The summed E-state index contributed by atoms with van der Waals surface area (Å²) in [7, 11) is 1.42. The van der Waals surface area contributed by atoms with E-state index < -0.39 is 17.5 Å². The second-order valence-electron chi connectivity index (χ2n) is 7.64. The standard InChI is InChI=1S/C22H24F2N4O/c1-13-5-6-19-18(8-13)27-21(28(19)12-14-4-3-7-26-11-14)20-16(23)9-15(10-17(20)24)22(29)25-2/h5-6,8-10,14,26H,3-4,7,11-12H2,1-2H3,(H,25,29). The molecule has 1 aliphatic rings. The summed E-state index contributed by atoms with van der Waals surface area (Å²) in [6.07, 6.45) is 2.13. The highest BCUT2D eigenvalue weighted by atomic mass is 19.1. The zero-order valence-corrected chi connectivity index (χ0v) is 16.6. The van der Waals surface area contributed by atoms with Crippen molar-refractivity contribution in [3.63, 3.8) is 0 Å². The number of amides is 1. The van der Waals surface area contributed by atoms with Gasteiger partial charge in [0.05, 0.1) is 16.6 Å². The van der Waals surface area contributed by atoms with Crippen molar-refractivity contribution in [1.29, 1.82) is 0 Å². The Morgan fingerprint density at radius 2 is 2.03 bits per heavy atom. The van der Waals surface area contributed by atoms with Crippen LogP contribution in [0.4, 0.5) is 8.78 Å². The van der Waals surface area contributed by atoms with Gasteiger partial charge in [-0.2, -0.15) is 0 Å². The molecule has 2 aromatic carbocycles. The number of carbonyl (C=O) groups is 1. The first-order valence-electron chi connectivity index (χ1n) is 9.87. The minimum Gasteiger partial charge on any atom is -0.355 e. The highest BCUT2D eigenvalue weighted by Crippen LogP contribution is 2.32. The van der Waals surface area contributed by atoms with E-state index in [-0.39, 0.29) is 17.0 Å². The van der Waals surface area contributed by atoms with Crippen LogP contribution >= 0.6 is 0 Å². The first kappa shape index (κ1) is 19.5. The molecule has 5 nitrogen and oxygen atoms in total. The molecule has 0 aliphatic carbocycles. The number of piperidine rings is 1. The largest absolute Gasteiger partial charge is 0.355 e. The van der Waals surface area contributed by atoms with Crippen molar-refractivity contribution in [2.75, 3.05) is 20.1 Å². The summed E-state index contributed by atoms with van der Waals surface area (Å²) < 4.78 is 31.9. The summed E-state index contributed by atoms with van der Waals surface area (Å²) in [5.74, 6) is -1.50. The average molecular weight is 398 g/mol. The van der Waals surface area contributed by atoms with E-state index in [1.165, 1.54) is 7.05 Å². The molecule has 1 aromatic heterocycles. The number of halogens is 2. The van der Waals surface area contributed by atoms with Gasteiger partial charge >= 0.3 is 0 Å². The Morgan fingerprint density at radius 3 is 2.69 bits per heavy atom. The van der Waals surface area contributed by atoms with Crippen molar-refractivity contribution in [3.8, 4) is 11.4 Å². The molecule has 0 radical (unpaired) electrons. The number of benzene rings is 2. The van der Waals surface area contributed by atoms with Gasteiger partial charge in [0, 0.05) is 19.2 Å². The van der Waals surface area contributed by atoms with Crippen molar-refractivity contribution in [2.24, 2.45) is 5.92 Å². The summed E-state index contributed by atoms with van der Waals surface area (Å²) in [6, 6.07) is 7.97. The van der Waals surface area contributed by atoms with Crippen LogP contribution in [-0.2, 0) is 6.54 Å². The van der Waals surface area contributed by atoms with Gasteiger partial charge in [0.15, 0.2) is 0 Å². The third-order valence-corrected chi connectivity index (χ3v) is 5.50. The van der Waals surface area contributed by atoms with E-state index in [1.54, 1.807) is 0 Å². The van der Waals surface area contributed by atoms with Gasteiger partial charge in [0.1, 0.15) is 17.5 Å². The van der Waals surface area contributed by atoms with E-state index in [1.807, 2.05) is 29.7 Å². The van der Waals surface area contributed by atoms with Crippen LogP contribution in [0.3, 0.4) is 0 Å². The van der Waals surface area contributed by atoms with Crippen LogP contribution in [0.25, 0.3) is 22.4 Å². The maximum atomic E-state index is 15.0. The van der Waals surface area contributed by atoms with Gasteiger partial charge in [0.2, 0.25) is 0 Å². The summed E-state index contributed by atoms with van der Waals surface area (Å²) >= 11 is 0. The van der Waals surface area contributed by atoms with Crippen molar-refractivity contribution >= 4 is 16.9 Å². The molecule has 0 bridgehead atoms. The molecular formula is C22H24F2N4O. The fraction of sp³-hybridized carbons (Fsp3) is 0.364. The molecule has 7 heteroatoms. The number of aromatic nitrogens is 2. The van der Waals surface area contributed by atoms with E-state index in [2.05, 4.69) is 15.6 Å². The van der Waals surface area contributed by atoms with Gasteiger partial charge in [-0.05, 0) is 68.6 Å². The van der Waals surface area contributed by atoms with Crippen LogP contribution in [0.5, 0.6) is 0 Å². The third-order valence-electron chi connectivity index (χ3n) is 5.50. The topological polar surface area (TPSA) is 59.0 Å². The Hall–Kier alpha value is -2.80. The molecule has 0 saturated carbocycles. The second kappa shape index (κ2) is 7.91. The monoisotopic (exact) mass is 398 g/mol. The molecule has 1 saturated heterocycles. The summed E-state index contributed by atoms with van der Waals surface area (Å²) in [4.78, 5) is 16.4. The zero-order chi connectivity index (χ0) is 20.5. The quantitative estimate of drug-likeness (QED) is 0.705. The number of carbonyl (C=O) groups excluding carboxylic acids is 1. The van der Waals surface area contributed by atoms with E-state index in [0.717, 1.165) is 49.1 Å². The molecule has 1 fully saturated rings. The predicted molar refractivity (Wildman–Crippen MR) is 109 cm³/mol. The van der Waals surface area contributed by atoms with Crippen molar-refractivity contribution < 1.29 is 13.6 Å². The predicted octanol–water partition coefficient (Wildman–Crippen LogP) is 3.65. The van der Waals surface area contributed by atoms with Crippen LogP contribution < -0.4 is 10.6 Å². The fourth-order valence-corrected chi connectivity index (χ4v) is 4.02. The van der Waals surface area contributed by atoms with Crippen LogP contribution in [0.1, 0.15) is 28.8 Å². The van der Waals surface area contributed by atoms with Crippen LogP contribution in [-0.4, -0.2) is 35.6 Å².